The lowest BCUT2D eigenvalue weighted by atomic mass is 9.84. The van der Waals surface area contributed by atoms with E-state index in [1.54, 1.807) is 0 Å². The van der Waals surface area contributed by atoms with Crippen molar-refractivity contribution in [3.05, 3.63) is 47.3 Å². The summed E-state index contributed by atoms with van der Waals surface area (Å²) in [5, 5.41) is 8.33. The van der Waals surface area contributed by atoms with Crippen molar-refractivity contribution < 1.29 is 22.7 Å². The molecule has 2 rings (SSSR count). The van der Waals surface area contributed by atoms with Crippen LogP contribution in [0.2, 0.25) is 0 Å². The summed E-state index contributed by atoms with van der Waals surface area (Å²) < 4.78 is 44.0. The van der Waals surface area contributed by atoms with Crippen LogP contribution in [-0.4, -0.2) is 12.1 Å². The largest absolute Gasteiger partial charge is 0.459 e. The molecule has 0 aromatic heterocycles. The highest BCUT2D eigenvalue weighted by Crippen LogP contribution is 2.30. The Labute approximate surface area is 138 Å². The highest BCUT2D eigenvalue weighted by molar-refractivity contribution is 5.89. The fraction of sp³-hybridized carbons (Fsp3) is 0.444. The van der Waals surface area contributed by atoms with Crippen LogP contribution < -0.4 is 0 Å². The first-order chi connectivity index (χ1) is 11.5. The van der Waals surface area contributed by atoms with Crippen LogP contribution in [0.15, 0.2) is 30.1 Å². The Morgan fingerprint density at radius 1 is 1.25 bits per heavy atom. The molecule has 1 saturated carbocycles. The molecule has 128 valence electrons. The van der Waals surface area contributed by atoms with Gasteiger partial charge in [-0.1, -0.05) is 0 Å². The third-order valence-electron chi connectivity index (χ3n) is 4.23. The SMILES string of the molecule is N#CC(F)=CCC[C@H]1CC[C@H](OC(=O)c2ccc(F)c(F)c2)CC1. The molecule has 0 amide bonds. The van der Waals surface area contributed by atoms with Gasteiger partial charge in [0, 0.05) is 0 Å². The monoisotopic (exact) mass is 337 g/mol. The molecule has 0 saturated heterocycles. The van der Waals surface area contributed by atoms with E-state index in [-0.39, 0.29) is 11.7 Å². The molecule has 6 heteroatoms. The van der Waals surface area contributed by atoms with Crippen LogP contribution in [0, 0.1) is 28.9 Å². The molecule has 24 heavy (non-hydrogen) atoms. The maximum absolute atomic E-state index is 13.1. The Bertz CT molecular complexity index is 659. The number of ether oxygens (including phenoxy) is 1. The second-order valence-corrected chi connectivity index (χ2v) is 5.92. The number of benzene rings is 1. The van der Waals surface area contributed by atoms with E-state index in [9.17, 15) is 18.0 Å². The number of halogens is 3. The molecule has 0 radical (unpaired) electrons. The van der Waals surface area contributed by atoms with E-state index < -0.39 is 23.4 Å². The molecule has 0 bridgehead atoms. The maximum atomic E-state index is 13.1. The summed E-state index contributed by atoms with van der Waals surface area (Å²) in [6, 6.07) is 4.37. The van der Waals surface area contributed by atoms with E-state index in [1.807, 2.05) is 0 Å². The van der Waals surface area contributed by atoms with Crippen LogP contribution in [0.5, 0.6) is 0 Å². The number of esters is 1. The molecular formula is C18H18F3NO2. The summed E-state index contributed by atoms with van der Waals surface area (Å²) in [4.78, 5) is 11.9. The molecule has 1 aromatic carbocycles. The van der Waals surface area contributed by atoms with E-state index >= 15 is 0 Å². The minimum absolute atomic E-state index is 0.00635. The zero-order valence-corrected chi connectivity index (χ0v) is 13.1. The van der Waals surface area contributed by atoms with Crippen LogP contribution in [0.1, 0.15) is 48.9 Å². The molecule has 1 aliphatic rings. The van der Waals surface area contributed by atoms with Crippen LogP contribution in [-0.2, 0) is 4.74 Å². The molecule has 3 nitrogen and oxygen atoms in total. The first kappa shape index (κ1) is 18.1. The summed E-state index contributed by atoms with van der Waals surface area (Å²) >= 11 is 0. The number of carbonyl (C=O) groups is 1. The molecule has 1 fully saturated rings. The fourth-order valence-corrected chi connectivity index (χ4v) is 2.87. The Morgan fingerprint density at radius 2 is 1.96 bits per heavy atom. The van der Waals surface area contributed by atoms with Crippen molar-refractivity contribution in [2.75, 3.05) is 0 Å². The summed E-state index contributed by atoms with van der Waals surface area (Å²) in [5.74, 6) is -3.09. The van der Waals surface area contributed by atoms with Gasteiger partial charge in [-0.25, -0.2) is 13.6 Å². The zero-order valence-electron chi connectivity index (χ0n) is 13.1. The summed E-state index contributed by atoms with van der Waals surface area (Å²) in [6.45, 7) is 0. The smallest absolute Gasteiger partial charge is 0.338 e. The number of rotatable bonds is 5. The minimum atomic E-state index is -1.08. The van der Waals surface area contributed by atoms with Crippen molar-refractivity contribution >= 4 is 5.97 Å². The highest BCUT2D eigenvalue weighted by atomic mass is 19.2. The van der Waals surface area contributed by atoms with Gasteiger partial charge in [0.05, 0.1) is 5.56 Å². The first-order valence-electron chi connectivity index (χ1n) is 7.91. The van der Waals surface area contributed by atoms with E-state index in [1.165, 1.54) is 18.2 Å². The van der Waals surface area contributed by atoms with Crippen molar-refractivity contribution in [2.24, 2.45) is 5.92 Å². The van der Waals surface area contributed by atoms with Crippen LogP contribution >= 0.6 is 0 Å². The normalized spacial score (nSPS) is 21.2. The van der Waals surface area contributed by atoms with Gasteiger partial charge in [-0.3, -0.25) is 0 Å². The molecule has 1 aromatic rings. The van der Waals surface area contributed by atoms with E-state index in [4.69, 9.17) is 10.00 Å². The lowest BCUT2D eigenvalue weighted by Crippen LogP contribution is -2.24. The molecule has 0 spiro atoms. The summed E-state index contributed by atoms with van der Waals surface area (Å²) in [5.41, 5.74) is -0.00635. The predicted octanol–water partition coefficient (Wildman–Crippen LogP) is 4.84. The average Bonchev–Trinajstić information content (AvgIpc) is 2.58. The third kappa shape index (κ3) is 5.12. The maximum Gasteiger partial charge on any atom is 0.338 e. The van der Waals surface area contributed by atoms with E-state index in [0.29, 0.717) is 25.2 Å². The number of nitriles is 1. The minimum Gasteiger partial charge on any atom is -0.459 e. The first-order valence-corrected chi connectivity index (χ1v) is 7.91. The summed E-state index contributed by atoms with van der Waals surface area (Å²) in [7, 11) is 0. The van der Waals surface area contributed by atoms with Crippen LogP contribution in [0.25, 0.3) is 0 Å². The van der Waals surface area contributed by atoms with Gasteiger partial charge in [-0.2, -0.15) is 9.65 Å². The van der Waals surface area contributed by atoms with Crippen molar-refractivity contribution in [1.29, 1.82) is 5.26 Å². The number of hydrogen-bond acceptors (Lipinski definition) is 3. The number of hydrogen-bond donors (Lipinski definition) is 0. The van der Waals surface area contributed by atoms with Gasteiger partial charge in [0.15, 0.2) is 17.5 Å². The van der Waals surface area contributed by atoms with Gasteiger partial charge in [-0.05, 0) is 68.7 Å². The second kappa shape index (κ2) is 8.53. The lowest BCUT2D eigenvalue weighted by Gasteiger charge is -2.28. The van der Waals surface area contributed by atoms with Crippen LogP contribution in [0.4, 0.5) is 13.2 Å². The molecular weight excluding hydrogens is 319 g/mol. The molecule has 0 N–H and O–H groups in total. The Kier molecular flexibility index (Phi) is 6.42. The molecule has 1 aliphatic carbocycles. The average molecular weight is 337 g/mol. The predicted molar refractivity (Wildman–Crippen MR) is 81.6 cm³/mol. The standard InChI is InChI=1S/C18H18F3NO2/c19-14(11-22)3-1-2-12-4-7-15(8-5-12)24-18(23)13-6-9-16(20)17(21)10-13/h3,6,9-10,12,15H,1-2,4-5,7-8H2/t12-,15-. The van der Waals surface area contributed by atoms with Crippen molar-refractivity contribution in [3.63, 3.8) is 0 Å². The Balaban J connectivity index is 1.77. The third-order valence-corrected chi connectivity index (χ3v) is 4.23. The fourth-order valence-electron chi connectivity index (χ4n) is 2.87. The van der Waals surface area contributed by atoms with Gasteiger partial charge >= 0.3 is 5.97 Å². The number of carbonyl (C=O) groups excluding carboxylic acids is 1. The van der Waals surface area contributed by atoms with Gasteiger partial charge in [0.1, 0.15) is 12.2 Å². The van der Waals surface area contributed by atoms with Gasteiger partial charge in [0.25, 0.3) is 0 Å². The molecule has 0 heterocycles. The zero-order chi connectivity index (χ0) is 17.5. The Morgan fingerprint density at radius 3 is 2.58 bits per heavy atom. The highest BCUT2D eigenvalue weighted by Gasteiger charge is 2.24. The molecule has 0 atom stereocenters. The lowest BCUT2D eigenvalue weighted by molar-refractivity contribution is 0.0162. The number of allylic oxidation sites excluding steroid dienone is 2. The molecule has 0 unspecified atom stereocenters. The number of nitrogens with zero attached hydrogens (tertiary/aromatic N) is 1. The van der Waals surface area contributed by atoms with E-state index in [2.05, 4.69) is 0 Å². The van der Waals surface area contributed by atoms with Crippen molar-refractivity contribution in [3.8, 4) is 6.07 Å². The van der Waals surface area contributed by atoms with Crippen molar-refractivity contribution in [1.82, 2.24) is 0 Å². The quantitative estimate of drug-likeness (QED) is 0.571. The van der Waals surface area contributed by atoms with Crippen molar-refractivity contribution in [2.45, 2.75) is 44.6 Å². The summed E-state index contributed by atoms with van der Waals surface area (Å²) in [6.07, 6.45) is 5.41. The van der Waals surface area contributed by atoms with Gasteiger partial charge in [0.2, 0.25) is 0 Å². The van der Waals surface area contributed by atoms with Crippen LogP contribution in [0.3, 0.4) is 0 Å². The van der Waals surface area contributed by atoms with Gasteiger partial charge < -0.3 is 4.74 Å². The van der Waals surface area contributed by atoms with E-state index in [0.717, 1.165) is 31.4 Å². The topological polar surface area (TPSA) is 50.1 Å². The Hall–Kier alpha value is -2.29. The second-order valence-electron chi connectivity index (χ2n) is 5.92. The molecule has 0 aliphatic heterocycles. The van der Waals surface area contributed by atoms with Gasteiger partial charge in [-0.15, -0.1) is 0 Å².